The number of H-pyrrole nitrogens is 1. The van der Waals surface area contributed by atoms with Crippen molar-refractivity contribution in [2.75, 3.05) is 6.54 Å². The maximum Gasteiger partial charge on any atom is 0.273 e. The van der Waals surface area contributed by atoms with Gasteiger partial charge in [0.15, 0.2) is 0 Å². The number of fused-ring (bicyclic) bond motifs is 1. The van der Waals surface area contributed by atoms with Crippen LogP contribution < -0.4 is 21.2 Å². The number of aromatic nitrogens is 2. The molecule has 1 aromatic heterocycles. The number of hydrogen-bond acceptors (Lipinski definition) is 4. The molecule has 0 radical (unpaired) electrons. The summed E-state index contributed by atoms with van der Waals surface area (Å²) in [6.45, 7) is 4.13. The Morgan fingerprint density at radius 2 is 1.75 bits per heavy atom. The molecule has 0 atom stereocenters. The topological polar surface area (TPSA) is 93.2 Å². The average molecular weight is 381 g/mol. The smallest absolute Gasteiger partial charge is 0.273 e. The molecule has 0 aliphatic carbocycles. The largest absolute Gasteiger partial charge is 0.491 e. The summed E-state index contributed by atoms with van der Waals surface area (Å²) in [6, 6.07) is 14.2. The number of hydrogen-bond donors (Lipinski definition) is 2. The quantitative estimate of drug-likeness (QED) is 0.653. The van der Waals surface area contributed by atoms with Crippen LogP contribution in [0.1, 0.15) is 19.4 Å². The molecule has 0 saturated heterocycles. The summed E-state index contributed by atoms with van der Waals surface area (Å²) >= 11 is 0. The van der Waals surface area contributed by atoms with Crippen LogP contribution in [0.2, 0.25) is 0 Å². The van der Waals surface area contributed by atoms with Gasteiger partial charge in [-0.05, 0) is 50.1 Å². The van der Waals surface area contributed by atoms with Gasteiger partial charge in [-0.15, -0.1) is 0 Å². The molecule has 0 bridgehead atoms. The predicted molar refractivity (Wildman–Crippen MR) is 108 cm³/mol. The Bertz CT molecular complexity index is 1080. The summed E-state index contributed by atoms with van der Waals surface area (Å²) in [7, 11) is 0. The van der Waals surface area contributed by atoms with Crippen LogP contribution in [0.25, 0.3) is 10.8 Å². The van der Waals surface area contributed by atoms with Gasteiger partial charge >= 0.3 is 0 Å². The number of ether oxygens (including phenoxy) is 1. The SMILES string of the molecule is CC(C)Oc1ccc(CCNC(=O)Cn2[nH]c(=O)c3ccccc3c2=O)cc1. The molecule has 0 unspecified atom stereocenters. The first-order valence-corrected chi connectivity index (χ1v) is 9.18. The van der Waals surface area contributed by atoms with E-state index in [4.69, 9.17) is 4.74 Å². The zero-order valence-corrected chi connectivity index (χ0v) is 15.9. The Kier molecular flexibility index (Phi) is 5.93. The van der Waals surface area contributed by atoms with Crippen LogP contribution in [0.4, 0.5) is 0 Å². The van der Waals surface area contributed by atoms with Crippen LogP contribution in [0.3, 0.4) is 0 Å². The minimum absolute atomic E-state index is 0.120. The number of aromatic amines is 1. The molecule has 2 N–H and O–H groups in total. The Balaban J connectivity index is 1.58. The molecule has 28 heavy (non-hydrogen) atoms. The Morgan fingerprint density at radius 3 is 2.43 bits per heavy atom. The van der Waals surface area contributed by atoms with Gasteiger partial charge in [0.25, 0.3) is 11.1 Å². The molecule has 0 saturated carbocycles. The highest BCUT2D eigenvalue weighted by atomic mass is 16.5. The van der Waals surface area contributed by atoms with Gasteiger partial charge < -0.3 is 10.1 Å². The summed E-state index contributed by atoms with van der Waals surface area (Å²) in [5.74, 6) is 0.468. The number of carbonyl (C=O) groups excluding carboxylic acids is 1. The van der Waals surface area contributed by atoms with E-state index in [1.54, 1.807) is 24.3 Å². The molecule has 1 heterocycles. The van der Waals surface area contributed by atoms with E-state index in [1.165, 1.54) is 0 Å². The van der Waals surface area contributed by atoms with Gasteiger partial charge in [-0.1, -0.05) is 24.3 Å². The van der Waals surface area contributed by atoms with Crippen LogP contribution >= 0.6 is 0 Å². The number of nitrogens with one attached hydrogen (secondary N) is 2. The second-order valence-corrected chi connectivity index (χ2v) is 6.79. The third-order valence-electron chi connectivity index (χ3n) is 4.22. The summed E-state index contributed by atoms with van der Waals surface area (Å²) in [5, 5.41) is 5.83. The van der Waals surface area contributed by atoms with E-state index < -0.39 is 11.1 Å². The number of rotatable bonds is 7. The second kappa shape index (κ2) is 8.56. The molecule has 3 aromatic rings. The number of amides is 1. The van der Waals surface area contributed by atoms with Crippen LogP contribution in [-0.2, 0) is 17.8 Å². The van der Waals surface area contributed by atoms with Crippen molar-refractivity contribution in [3.8, 4) is 5.75 Å². The molecular formula is C21H23N3O4. The third-order valence-corrected chi connectivity index (χ3v) is 4.22. The average Bonchev–Trinajstić information content (AvgIpc) is 2.67. The van der Waals surface area contributed by atoms with Gasteiger partial charge in [0.2, 0.25) is 5.91 Å². The predicted octanol–water partition coefficient (Wildman–Crippen LogP) is 1.84. The van der Waals surface area contributed by atoms with Gasteiger partial charge in [-0.2, -0.15) is 0 Å². The van der Waals surface area contributed by atoms with E-state index in [1.807, 2.05) is 38.1 Å². The summed E-state index contributed by atoms with van der Waals surface area (Å²) in [4.78, 5) is 36.7. The Hall–Kier alpha value is -3.35. The van der Waals surface area contributed by atoms with Crippen molar-refractivity contribution < 1.29 is 9.53 Å². The lowest BCUT2D eigenvalue weighted by Gasteiger charge is -2.11. The maximum absolute atomic E-state index is 12.4. The molecule has 0 fully saturated rings. The number of carbonyl (C=O) groups is 1. The van der Waals surface area contributed by atoms with E-state index in [9.17, 15) is 14.4 Å². The minimum atomic E-state index is -0.397. The van der Waals surface area contributed by atoms with E-state index in [-0.39, 0.29) is 18.6 Å². The fourth-order valence-corrected chi connectivity index (χ4v) is 2.91. The summed E-state index contributed by atoms with van der Waals surface area (Å²) < 4.78 is 6.64. The molecule has 0 aliphatic rings. The highest BCUT2D eigenvalue weighted by Gasteiger charge is 2.10. The van der Waals surface area contributed by atoms with Gasteiger partial charge in [0, 0.05) is 6.54 Å². The van der Waals surface area contributed by atoms with Crippen molar-refractivity contribution in [3.05, 3.63) is 74.8 Å². The van der Waals surface area contributed by atoms with Gasteiger partial charge in [0.05, 0.1) is 16.9 Å². The van der Waals surface area contributed by atoms with Crippen molar-refractivity contribution in [2.45, 2.75) is 32.9 Å². The fourth-order valence-electron chi connectivity index (χ4n) is 2.91. The van der Waals surface area contributed by atoms with Crippen molar-refractivity contribution in [3.63, 3.8) is 0 Å². The first kappa shape index (κ1) is 19.4. The molecule has 146 valence electrons. The standard InChI is InChI=1S/C21H23N3O4/c1-14(2)28-16-9-7-15(8-10-16)11-12-22-19(25)13-24-21(27)18-6-4-3-5-17(18)20(26)23-24/h3-10,14H,11-13H2,1-2H3,(H,22,25)(H,23,26). The first-order chi connectivity index (χ1) is 13.4. The lowest BCUT2D eigenvalue weighted by Crippen LogP contribution is -2.37. The maximum atomic E-state index is 12.4. The van der Waals surface area contributed by atoms with E-state index in [2.05, 4.69) is 10.4 Å². The molecule has 2 aromatic carbocycles. The fraction of sp³-hybridized carbons (Fsp3) is 0.286. The highest BCUT2D eigenvalue weighted by molar-refractivity contribution is 5.81. The Morgan fingerprint density at radius 1 is 1.07 bits per heavy atom. The summed E-state index contributed by atoms with van der Waals surface area (Å²) in [6.07, 6.45) is 0.770. The van der Waals surface area contributed by atoms with Crippen LogP contribution in [0.5, 0.6) is 5.75 Å². The molecular weight excluding hydrogens is 358 g/mol. The van der Waals surface area contributed by atoms with Gasteiger partial charge in [-0.25, -0.2) is 4.68 Å². The monoisotopic (exact) mass is 381 g/mol. The lowest BCUT2D eigenvalue weighted by atomic mass is 10.1. The van der Waals surface area contributed by atoms with Crippen LogP contribution in [0, 0.1) is 0 Å². The Labute approximate surface area is 161 Å². The van der Waals surface area contributed by atoms with Crippen molar-refractivity contribution in [1.29, 1.82) is 0 Å². The number of nitrogens with zero attached hydrogens (tertiary/aromatic N) is 1. The zero-order valence-electron chi connectivity index (χ0n) is 15.9. The molecule has 0 spiro atoms. The molecule has 0 aliphatic heterocycles. The molecule has 7 nitrogen and oxygen atoms in total. The van der Waals surface area contributed by atoms with E-state index >= 15 is 0 Å². The van der Waals surface area contributed by atoms with Crippen molar-refractivity contribution in [2.24, 2.45) is 0 Å². The molecule has 1 amide bonds. The molecule has 3 rings (SSSR count). The zero-order chi connectivity index (χ0) is 20.1. The van der Waals surface area contributed by atoms with E-state index in [0.717, 1.165) is 16.0 Å². The lowest BCUT2D eigenvalue weighted by molar-refractivity contribution is -0.121. The second-order valence-electron chi connectivity index (χ2n) is 6.79. The van der Waals surface area contributed by atoms with Crippen molar-refractivity contribution in [1.82, 2.24) is 15.1 Å². The summed E-state index contributed by atoms with van der Waals surface area (Å²) in [5.41, 5.74) is 0.269. The third kappa shape index (κ3) is 4.68. The number of benzene rings is 2. The minimum Gasteiger partial charge on any atom is -0.491 e. The first-order valence-electron chi connectivity index (χ1n) is 9.18. The van der Waals surface area contributed by atoms with E-state index in [0.29, 0.717) is 23.7 Å². The highest BCUT2D eigenvalue weighted by Crippen LogP contribution is 2.13. The van der Waals surface area contributed by atoms with Crippen molar-refractivity contribution >= 4 is 16.7 Å². The van der Waals surface area contributed by atoms with Crippen LogP contribution in [-0.4, -0.2) is 28.3 Å². The normalized spacial score (nSPS) is 11.0. The van der Waals surface area contributed by atoms with Gasteiger partial charge in [-0.3, -0.25) is 19.5 Å². The van der Waals surface area contributed by atoms with Gasteiger partial charge in [0.1, 0.15) is 12.3 Å². The van der Waals surface area contributed by atoms with Crippen LogP contribution in [0.15, 0.2) is 58.1 Å². The molecule has 7 heteroatoms.